The molecule has 0 heterocycles. The van der Waals surface area contributed by atoms with Gasteiger partial charge in [0.15, 0.2) is 11.5 Å². The van der Waals surface area contributed by atoms with Crippen molar-refractivity contribution in [3.8, 4) is 11.5 Å². The quantitative estimate of drug-likeness (QED) is 0.561. The summed E-state index contributed by atoms with van der Waals surface area (Å²) in [6.07, 6.45) is 1.16. The Bertz CT molecular complexity index is 667. The van der Waals surface area contributed by atoms with Crippen LogP contribution in [-0.4, -0.2) is 38.2 Å². The molecule has 1 N–H and O–H groups in total. The summed E-state index contributed by atoms with van der Waals surface area (Å²) in [5, 5.41) is 3.52. The lowest BCUT2D eigenvalue weighted by Gasteiger charge is -2.17. The van der Waals surface area contributed by atoms with Gasteiger partial charge in [-0.2, -0.15) is 0 Å². The Hall–Kier alpha value is -2.04. The van der Waals surface area contributed by atoms with Gasteiger partial charge in [-0.1, -0.05) is 49.7 Å². The van der Waals surface area contributed by atoms with Crippen molar-refractivity contribution >= 4 is 0 Å². The zero-order valence-electron chi connectivity index (χ0n) is 17.3. The summed E-state index contributed by atoms with van der Waals surface area (Å²) in [6, 6.07) is 14.6. The van der Waals surface area contributed by atoms with Crippen LogP contribution in [0.1, 0.15) is 37.0 Å². The molecule has 0 aliphatic rings. The summed E-state index contributed by atoms with van der Waals surface area (Å²) in [5.41, 5.74) is 3.62. The minimum atomic E-state index is 0.541. The van der Waals surface area contributed by atoms with Crippen molar-refractivity contribution in [3.05, 3.63) is 59.2 Å². The Kier molecular flexibility index (Phi) is 9.16. The predicted octanol–water partition coefficient (Wildman–Crippen LogP) is 4.40. The normalized spacial score (nSPS) is 11.0. The van der Waals surface area contributed by atoms with Crippen molar-refractivity contribution in [2.45, 2.75) is 40.3 Å². The topological polar surface area (TPSA) is 33.7 Å². The van der Waals surface area contributed by atoms with E-state index in [9.17, 15) is 0 Å². The van der Waals surface area contributed by atoms with Crippen molar-refractivity contribution in [2.75, 3.05) is 33.3 Å². The van der Waals surface area contributed by atoms with E-state index in [0.717, 1.165) is 56.2 Å². The highest BCUT2D eigenvalue weighted by Gasteiger charge is 2.06. The molecule has 0 saturated carbocycles. The molecule has 0 saturated heterocycles. The van der Waals surface area contributed by atoms with Gasteiger partial charge in [0.2, 0.25) is 0 Å². The molecule has 0 amide bonds. The van der Waals surface area contributed by atoms with E-state index in [1.807, 2.05) is 6.07 Å². The van der Waals surface area contributed by atoms with Gasteiger partial charge in [-0.05, 0) is 62.8 Å². The molecule has 148 valence electrons. The first-order valence-corrected chi connectivity index (χ1v) is 9.94. The number of rotatable bonds is 12. The van der Waals surface area contributed by atoms with Gasteiger partial charge in [-0.25, -0.2) is 0 Å². The van der Waals surface area contributed by atoms with Crippen LogP contribution in [0.15, 0.2) is 42.5 Å². The average Bonchev–Trinajstić information content (AvgIpc) is 2.70. The van der Waals surface area contributed by atoms with Crippen LogP contribution in [0.3, 0.4) is 0 Å². The van der Waals surface area contributed by atoms with Crippen molar-refractivity contribution < 1.29 is 9.47 Å². The van der Waals surface area contributed by atoms with Crippen molar-refractivity contribution in [2.24, 2.45) is 0 Å². The zero-order valence-corrected chi connectivity index (χ0v) is 17.3. The molecular weight excluding hydrogens is 336 g/mol. The van der Waals surface area contributed by atoms with E-state index >= 15 is 0 Å². The highest BCUT2D eigenvalue weighted by molar-refractivity contribution is 5.43. The monoisotopic (exact) mass is 370 g/mol. The zero-order chi connectivity index (χ0) is 19.5. The average molecular weight is 371 g/mol. The fourth-order valence-corrected chi connectivity index (χ4v) is 2.99. The largest absolute Gasteiger partial charge is 0.493 e. The Morgan fingerprint density at radius 1 is 0.926 bits per heavy atom. The van der Waals surface area contributed by atoms with Gasteiger partial charge < -0.3 is 19.7 Å². The van der Waals surface area contributed by atoms with Crippen LogP contribution in [0, 0.1) is 6.92 Å². The van der Waals surface area contributed by atoms with E-state index < -0.39 is 0 Å². The third-order valence-corrected chi connectivity index (χ3v) is 4.79. The molecular formula is C23H34N2O2. The molecule has 4 nitrogen and oxygen atoms in total. The number of nitrogens with zero attached hydrogens (tertiary/aromatic N) is 1. The predicted molar refractivity (Wildman–Crippen MR) is 113 cm³/mol. The molecule has 27 heavy (non-hydrogen) atoms. The van der Waals surface area contributed by atoms with Gasteiger partial charge in [0.1, 0.15) is 6.61 Å². The molecule has 0 bridgehead atoms. The van der Waals surface area contributed by atoms with Crippen molar-refractivity contribution in [1.29, 1.82) is 0 Å². The van der Waals surface area contributed by atoms with E-state index in [2.05, 4.69) is 67.4 Å². The number of benzene rings is 2. The number of nitrogens with one attached hydrogen (secondary N) is 1. The lowest BCUT2D eigenvalue weighted by atomic mass is 10.1. The highest BCUT2D eigenvalue weighted by atomic mass is 16.5. The second kappa shape index (κ2) is 11.6. The first-order chi connectivity index (χ1) is 13.2. The van der Waals surface area contributed by atoms with Gasteiger partial charge in [0.05, 0.1) is 7.11 Å². The highest BCUT2D eigenvalue weighted by Crippen LogP contribution is 2.28. The van der Waals surface area contributed by atoms with Gasteiger partial charge in [-0.15, -0.1) is 0 Å². The molecule has 2 rings (SSSR count). The van der Waals surface area contributed by atoms with Gasteiger partial charge in [-0.3, -0.25) is 0 Å². The summed E-state index contributed by atoms with van der Waals surface area (Å²) in [6.45, 7) is 12.3. The molecule has 0 aliphatic heterocycles. The first kappa shape index (κ1) is 21.3. The van der Waals surface area contributed by atoms with E-state index in [1.165, 1.54) is 11.1 Å². The fraction of sp³-hybridized carbons (Fsp3) is 0.478. The number of methoxy groups -OCH3 is 1. The third kappa shape index (κ3) is 7.24. The van der Waals surface area contributed by atoms with Gasteiger partial charge in [0.25, 0.3) is 0 Å². The van der Waals surface area contributed by atoms with E-state index in [1.54, 1.807) is 7.11 Å². The summed E-state index contributed by atoms with van der Waals surface area (Å²) < 4.78 is 11.5. The summed E-state index contributed by atoms with van der Waals surface area (Å²) in [4.78, 5) is 2.45. The van der Waals surface area contributed by atoms with Crippen LogP contribution in [0.4, 0.5) is 0 Å². The van der Waals surface area contributed by atoms with Crippen LogP contribution in [0.25, 0.3) is 0 Å². The van der Waals surface area contributed by atoms with Crippen LogP contribution < -0.4 is 14.8 Å². The SMILES string of the molecule is CCN(CC)CCCNCc1ccc(OCc2ccc(C)cc2)c(OC)c1. The van der Waals surface area contributed by atoms with Crippen LogP contribution in [0.5, 0.6) is 11.5 Å². The molecule has 4 heteroatoms. The molecule has 0 atom stereocenters. The van der Waals surface area contributed by atoms with E-state index in [0.29, 0.717) is 6.61 Å². The lowest BCUT2D eigenvalue weighted by Crippen LogP contribution is -2.27. The Morgan fingerprint density at radius 2 is 1.63 bits per heavy atom. The molecule has 0 fully saturated rings. The minimum Gasteiger partial charge on any atom is -0.493 e. The molecule has 0 radical (unpaired) electrons. The smallest absolute Gasteiger partial charge is 0.161 e. The van der Waals surface area contributed by atoms with Crippen LogP contribution in [0.2, 0.25) is 0 Å². The van der Waals surface area contributed by atoms with Crippen molar-refractivity contribution in [1.82, 2.24) is 10.2 Å². The maximum atomic E-state index is 5.95. The van der Waals surface area contributed by atoms with Crippen LogP contribution >= 0.6 is 0 Å². The Morgan fingerprint density at radius 3 is 2.30 bits per heavy atom. The number of ether oxygens (including phenoxy) is 2. The summed E-state index contributed by atoms with van der Waals surface area (Å²) in [7, 11) is 1.69. The Labute approximate surface area is 164 Å². The van der Waals surface area contributed by atoms with Gasteiger partial charge >= 0.3 is 0 Å². The minimum absolute atomic E-state index is 0.541. The lowest BCUT2D eigenvalue weighted by molar-refractivity contribution is 0.284. The maximum absolute atomic E-state index is 5.95. The van der Waals surface area contributed by atoms with Crippen LogP contribution in [-0.2, 0) is 13.2 Å². The number of aryl methyl sites for hydroxylation is 1. The fourth-order valence-electron chi connectivity index (χ4n) is 2.99. The first-order valence-electron chi connectivity index (χ1n) is 9.94. The van der Waals surface area contributed by atoms with E-state index in [4.69, 9.17) is 9.47 Å². The number of hydrogen-bond acceptors (Lipinski definition) is 4. The van der Waals surface area contributed by atoms with Gasteiger partial charge in [0, 0.05) is 6.54 Å². The standard InChI is InChI=1S/C23H34N2O2/c1-5-25(6-2)15-7-14-24-17-21-12-13-22(23(16-21)26-4)27-18-20-10-8-19(3)9-11-20/h8-13,16,24H,5-7,14-15,17-18H2,1-4H3. The molecule has 2 aromatic rings. The summed E-state index contributed by atoms with van der Waals surface area (Å²) in [5.74, 6) is 1.56. The second-order valence-electron chi connectivity index (χ2n) is 6.82. The molecule has 2 aromatic carbocycles. The Balaban J connectivity index is 1.81. The third-order valence-electron chi connectivity index (χ3n) is 4.79. The molecule has 0 spiro atoms. The van der Waals surface area contributed by atoms with E-state index in [-0.39, 0.29) is 0 Å². The molecule has 0 aliphatic carbocycles. The second-order valence-corrected chi connectivity index (χ2v) is 6.82. The molecule has 0 unspecified atom stereocenters. The molecule has 0 aromatic heterocycles. The number of hydrogen-bond donors (Lipinski definition) is 1. The summed E-state index contributed by atoms with van der Waals surface area (Å²) >= 11 is 0. The maximum Gasteiger partial charge on any atom is 0.161 e. The van der Waals surface area contributed by atoms with Crippen molar-refractivity contribution in [3.63, 3.8) is 0 Å².